The molecule has 0 aliphatic heterocycles. The van der Waals surface area contributed by atoms with E-state index in [9.17, 15) is 8.42 Å². The van der Waals surface area contributed by atoms with Gasteiger partial charge in [0.15, 0.2) is 0 Å². The van der Waals surface area contributed by atoms with Crippen LogP contribution in [0.2, 0.25) is 0 Å². The van der Waals surface area contributed by atoms with Gasteiger partial charge in [0.05, 0.1) is 6.54 Å². The maximum atomic E-state index is 12.0. The van der Waals surface area contributed by atoms with Crippen LogP contribution in [0.5, 0.6) is 0 Å². The summed E-state index contributed by atoms with van der Waals surface area (Å²) in [7, 11) is -3.56. The Morgan fingerprint density at radius 3 is 2.86 bits per heavy atom. The van der Waals surface area contributed by atoms with Gasteiger partial charge in [0.1, 0.15) is 5.76 Å². The van der Waals surface area contributed by atoms with Crippen LogP contribution in [0.4, 0.5) is 0 Å². The van der Waals surface area contributed by atoms with Gasteiger partial charge in [0.25, 0.3) is 10.0 Å². The van der Waals surface area contributed by atoms with E-state index in [1.165, 1.54) is 18.9 Å². The molecule has 1 saturated carbocycles. The Morgan fingerprint density at radius 2 is 2.14 bits per heavy atom. The molecule has 0 spiro atoms. The average Bonchev–Trinajstić information content (AvgIpc) is 3.16. The predicted octanol–water partition coefficient (Wildman–Crippen LogP) is 0.925. The van der Waals surface area contributed by atoms with Crippen molar-refractivity contribution in [2.24, 2.45) is 0 Å². The number of hydrogen-bond donors (Lipinski definition) is 3. The van der Waals surface area contributed by atoms with Crippen LogP contribution in [0.3, 0.4) is 0 Å². The fraction of sp³-hybridized carbons (Fsp3) is 0.692. The Morgan fingerprint density at radius 1 is 1.33 bits per heavy atom. The first-order chi connectivity index (χ1) is 10.1. The Bertz CT molecular complexity index is 526. The summed E-state index contributed by atoms with van der Waals surface area (Å²) in [5.74, 6) is 2.14. The van der Waals surface area contributed by atoms with Gasteiger partial charge >= 0.3 is 0 Å². The van der Waals surface area contributed by atoms with Crippen molar-refractivity contribution in [3.63, 3.8) is 0 Å². The largest absolute Gasteiger partial charge is 0.447 e. The lowest BCUT2D eigenvalue weighted by Crippen LogP contribution is -2.25. The zero-order chi connectivity index (χ0) is 15.1. The molecule has 120 valence electrons. The molecule has 1 aromatic rings. The highest BCUT2D eigenvalue weighted by Crippen LogP contribution is 2.20. The molecule has 1 aliphatic rings. The number of nitrogens with one attached hydrogen (secondary N) is 2. The van der Waals surface area contributed by atoms with Crippen LogP contribution in [0.25, 0.3) is 0 Å². The topological polar surface area (TPSA) is 91.6 Å². The first-order valence-corrected chi connectivity index (χ1v) is 9.76. The Hall–Kier alpha value is -0.540. The van der Waals surface area contributed by atoms with Crippen molar-refractivity contribution < 1.29 is 17.9 Å². The fourth-order valence-corrected chi connectivity index (χ4v) is 3.61. The molecule has 1 fully saturated rings. The first kappa shape index (κ1) is 16.8. The molecule has 0 saturated heterocycles. The maximum Gasteiger partial charge on any atom is 0.273 e. The molecule has 0 radical (unpaired) electrons. The number of aliphatic hydroxyl groups excluding tert-OH is 1. The molecular weight excluding hydrogens is 312 g/mol. The lowest BCUT2D eigenvalue weighted by Gasteiger charge is -2.04. The fourth-order valence-electron chi connectivity index (χ4n) is 1.72. The summed E-state index contributed by atoms with van der Waals surface area (Å²) in [5.41, 5.74) is 0. The third kappa shape index (κ3) is 5.99. The van der Waals surface area contributed by atoms with Crippen LogP contribution >= 0.6 is 11.8 Å². The number of aliphatic hydroxyl groups is 1. The normalized spacial score (nSPS) is 15.5. The van der Waals surface area contributed by atoms with E-state index in [2.05, 4.69) is 10.0 Å². The van der Waals surface area contributed by atoms with Crippen molar-refractivity contribution in [1.29, 1.82) is 0 Å². The van der Waals surface area contributed by atoms with Gasteiger partial charge in [-0.05, 0) is 37.1 Å². The quantitative estimate of drug-likeness (QED) is 0.521. The van der Waals surface area contributed by atoms with Crippen molar-refractivity contribution in [2.75, 3.05) is 24.7 Å². The number of hydrogen-bond acceptors (Lipinski definition) is 6. The SMILES string of the molecule is O=S(=O)(NCCSCCCO)c1ccc(CNC2CC2)o1. The molecule has 8 heteroatoms. The van der Waals surface area contributed by atoms with Gasteiger partial charge in [-0.2, -0.15) is 11.8 Å². The Kier molecular flexibility index (Phi) is 6.56. The molecule has 0 aromatic carbocycles. The van der Waals surface area contributed by atoms with E-state index in [4.69, 9.17) is 9.52 Å². The molecule has 3 N–H and O–H groups in total. The summed E-state index contributed by atoms with van der Waals surface area (Å²) in [6.45, 7) is 1.09. The second-order valence-corrected chi connectivity index (χ2v) is 7.89. The maximum absolute atomic E-state index is 12.0. The minimum Gasteiger partial charge on any atom is -0.447 e. The van der Waals surface area contributed by atoms with E-state index < -0.39 is 10.0 Å². The summed E-state index contributed by atoms with van der Waals surface area (Å²) in [6.07, 6.45) is 3.09. The van der Waals surface area contributed by atoms with E-state index in [1.807, 2.05) is 0 Å². The second kappa shape index (κ2) is 8.19. The van der Waals surface area contributed by atoms with Gasteiger partial charge in [-0.15, -0.1) is 0 Å². The van der Waals surface area contributed by atoms with Crippen LogP contribution in [-0.4, -0.2) is 44.2 Å². The van der Waals surface area contributed by atoms with Crippen LogP contribution in [0.15, 0.2) is 21.6 Å². The van der Waals surface area contributed by atoms with E-state index in [1.54, 1.807) is 17.8 Å². The minimum absolute atomic E-state index is 0.0320. The number of sulfonamides is 1. The van der Waals surface area contributed by atoms with Crippen molar-refractivity contribution in [2.45, 2.75) is 36.9 Å². The molecule has 0 atom stereocenters. The molecule has 21 heavy (non-hydrogen) atoms. The van der Waals surface area contributed by atoms with E-state index in [0.29, 0.717) is 30.6 Å². The minimum atomic E-state index is -3.56. The van der Waals surface area contributed by atoms with E-state index >= 15 is 0 Å². The predicted molar refractivity (Wildman–Crippen MR) is 82.8 cm³/mol. The van der Waals surface area contributed by atoms with Crippen molar-refractivity contribution in [3.8, 4) is 0 Å². The zero-order valence-electron chi connectivity index (χ0n) is 11.9. The van der Waals surface area contributed by atoms with Crippen LogP contribution < -0.4 is 10.0 Å². The second-order valence-electron chi connectivity index (χ2n) is 4.96. The molecule has 0 bridgehead atoms. The van der Waals surface area contributed by atoms with Crippen molar-refractivity contribution in [1.82, 2.24) is 10.0 Å². The molecule has 1 aliphatic carbocycles. The van der Waals surface area contributed by atoms with Gasteiger partial charge in [-0.1, -0.05) is 0 Å². The smallest absolute Gasteiger partial charge is 0.273 e. The first-order valence-electron chi connectivity index (χ1n) is 7.12. The summed E-state index contributed by atoms with van der Waals surface area (Å²) in [5, 5.41) is 11.9. The van der Waals surface area contributed by atoms with Gasteiger partial charge in [0, 0.05) is 24.9 Å². The molecule has 1 aromatic heterocycles. The molecular formula is C13H22N2O4S2. The lowest BCUT2D eigenvalue weighted by atomic mass is 10.4. The monoisotopic (exact) mass is 334 g/mol. The van der Waals surface area contributed by atoms with Crippen LogP contribution in [0, 0.1) is 0 Å². The highest BCUT2D eigenvalue weighted by atomic mass is 32.2. The van der Waals surface area contributed by atoms with Crippen LogP contribution in [0.1, 0.15) is 25.0 Å². The number of thioether (sulfide) groups is 1. The highest BCUT2D eigenvalue weighted by molar-refractivity contribution is 7.99. The van der Waals surface area contributed by atoms with Gasteiger partial charge < -0.3 is 14.8 Å². The van der Waals surface area contributed by atoms with E-state index in [0.717, 1.165) is 12.2 Å². The molecule has 0 unspecified atom stereocenters. The molecule has 1 heterocycles. The third-order valence-electron chi connectivity index (χ3n) is 3.03. The van der Waals surface area contributed by atoms with Crippen molar-refractivity contribution >= 4 is 21.8 Å². The molecule has 2 rings (SSSR count). The van der Waals surface area contributed by atoms with E-state index in [-0.39, 0.29) is 11.7 Å². The highest BCUT2D eigenvalue weighted by Gasteiger charge is 2.22. The zero-order valence-corrected chi connectivity index (χ0v) is 13.5. The summed E-state index contributed by atoms with van der Waals surface area (Å²) in [6, 6.07) is 3.75. The van der Waals surface area contributed by atoms with Gasteiger partial charge in [0.2, 0.25) is 5.09 Å². The molecule has 0 amide bonds. The Balaban J connectivity index is 1.73. The standard InChI is InChI=1S/C13H22N2O4S2/c16-7-1-8-20-9-6-15-21(17,18)13-5-4-12(19-13)10-14-11-2-3-11/h4-5,11,14-16H,1-3,6-10H2. The summed E-state index contributed by atoms with van der Waals surface area (Å²) < 4.78 is 31.9. The third-order valence-corrected chi connectivity index (χ3v) is 5.43. The lowest BCUT2D eigenvalue weighted by molar-refractivity contribution is 0.296. The van der Waals surface area contributed by atoms with Crippen LogP contribution in [-0.2, 0) is 16.6 Å². The van der Waals surface area contributed by atoms with Gasteiger partial charge in [-0.25, -0.2) is 13.1 Å². The van der Waals surface area contributed by atoms with Gasteiger partial charge in [-0.3, -0.25) is 0 Å². The summed E-state index contributed by atoms with van der Waals surface area (Å²) >= 11 is 1.61. The summed E-state index contributed by atoms with van der Waals surface area (Å²) in [4.78, 5) is 0. The Labute approximate surface area is 129 Å². The molecule has 6 nitrogen and oxygen atoms in total. The number of furan rings is 1. The average molecular weight is 334 g/mol. The number of rotatable bonds is 11. The van der Waals surface area contributed by atoms with Crippen molar-refractivity contribution in [3.05, 3.63) is 17.9 Å².